The van der Waals surface area contributed by atoms with Crippen LogP contribution in [0, 0.1) is 6.92 Å². The van der Waals surface area contributed by atoms with Crippen molar-refractivity contribution in [2.45, 2.75) is 26.0 Å². The standard InChI is InChI=1S/C16H16BrCl2NO/c1-9-5-3-4-6-11(9)16(10(2)20)21-15-8-13(18)12(17)7-14(15)19/h3-8,10,16H,20H2,1-2H3. The number of hydrogen-bond donors (Lipinski definition) is 1. The lowest BCUT2D eigenvalue weighted by molar-refractivity contribution is 0.180. The number of rotatable bonds is 4. The molecule has 2 nitrogen and oxygen atoms in total. The van der Waals surface area contributed by atoms with Gasteiger partial charge in [-0.1, -0.05) is 47.5 Å². The first kappa shape index (κ1) is 16.6. The largest absolute Gasteiger partial charge is 0.482 e. The Balaban J connectivity index is 2.38. The molecule has 0 radical (unpaired) electrons. The maximum Gasteiger partial charge on any atom is 0.140 e. The van der Waals surface area contributed by atoms with E-state index < -0.39 is 0 Å². The van der Waals surface area contributed by atoms with E-state index in [2.05, 4.69) is 15.9 Å². The van der Waals surface area contributed by atoms with Crippen LogP contribution in [0.3, 0.4) is 0 Å². The molecule has 0 saturated heterocycles. The summed E-state index contributed by atoms with van der Waals surface area (Å²) < 4.78 is 6.78. The monoisotopic (exact) mass is 387 g/mol. The fraction of sp³-hybridized carbons (Fsp3) is 0.250. The third-order valence-corrected chi connectivity index (χ3v) is 4.69. The van der Waals surface area contributed by atoms with E-state index in [9.17, 15) is 0 Å². The summed E-state index contributed by atoms with van der Waals surface area (Å²) in [7, 11) is 0. The van der Waals surface area contributed by atoms with Crippen LogP contribution in [0.1, 0.15) is 24.2 Å². The van der Waals surface area contributed by atoms with Gasteiger partial charge in [0, 0.05) is 16.6 Å². The second-order valence-corrected chi connectivity index (χ2v) is 6.62. The van der Waals surface area contributed by atoms with Gasteiger partial charge in [-0.05, 0) is 47.0 Å². The lowest BCUT2D eigenvalue weighted by Gasteiger charge is -2.25. The molecule has 0 heterocycles. The molecule has 0 aromatic heterocycles. The lowest BCUT2D eigenvalue weighted by Crippen LogP contribution is -2.29. The molecule has 0 aliphatic rings. The molecule has 2 N–H and O–H groups in total. The number of hydrogen-bond acceptors (Lipinski definition) is 2. The van der Waals surface area contributed by atoms with Crippen LogP contribution >= 0.6 is 39.1 Å². The van der Waals surface area contributed by atoms with Crippen LogP contribution in [0.2, 0.25) is 10.0 Å². The van der Waals surface area contributed by atoms with Gasteiger partial charge in [-0.15, -0.1) is 0 Å². The summed E-state index contributed by atoms with van der Waals surface area (Å²) in [5.74, 6) is 0.524. The van der Waals surface area contributed by atoms with Crippen molar-refractivity contribution in [1.29, 1.82) is 0 Å². The fourth-order valence-electron chi connectivity index (χ4n) is 2.09. The summed E-state index contributed by atoms with van der Waals surface area (Å²) in [6.45, 7) is 3.94. The molecular formula is C16H16BrCl2NO. The minimum absolute atomic E-state index is 0.190. The zero-order valence-corrected chi connectivity index (χ0v) is 14.8. The van der Waals surface area contributed by atoms with Crippen molar-refractivity contribution in [3.63, 3.8) is 0 Å². The molecule has 21 heavy (non-hydrogen) atoms. The summed E-state index contributed by atoms with van der Waals surface area (Å²) >= 11 is 15.7. The van der Waals surface area contributed by atoms with Crippen molar-refractivity contribution in [3.05, 3.63) is 62.0 Å². The highest BCUT2D eigenvalue weighted by Crippen LogP contribution is 2.37. The number of ether oxygens (including phenoxy) is 1. The molecule has 0 amide bonds. The van der Waals surface area contributed by atoms with Gasteiger partial charge in [-0.25, -0.2) is 0 Å². The number of aryl methyl sites for hydroxylation is 1. The van der Waals surface area contributed by atoms with Crippen LogP contribution in [-0.4, -0.2) is 6.04 Å². The van der Waals surface area contributed by atoms with Crippen molar-refractivity contribution in [1.82, 2.24) is 0 Å². The summed E-state index contributed by atoms with van der Waals surface area (Å²) in [5.41, 5.74) is 8.26. The van der Waals surface area contributed by atoms with E-state index in [4.69, 9.17) is 33.7 Å². The Bertz CT molecular complexity index is 646. The Morgan fingerprint density at radius 2 is 1.81 bits per heavy atom. The number of halogens is 3. The normalized spacial score (nSPS) is 13.8. The Morgan fingerprint density at radius 1 is 1.14 bits per heavy atom. The second kappa shape index (κ2) is 7.01. The van der Waals surface area contributed by atoms with Crippen molar-refractivity contribution >= 4 is 39.1 Å². The molecule has 0 spiro atoms. The van der Waals surface area contributed by atoms with Crippen LogP contribution in [-0.2, 0) is 0 Å². The number of nitrogens with two attached hydrogens (primary N) is 1. The molecule has 2 aromatic rings. The molecule has 112 valence electrons. The summed E-state index contributed by atoms with van der Waals surface area (Å²) in [4.78, 5) is 0. The fourth-order valence-corrected chi connectivity index (χ4v) is 2.93. The van der Waals surface area contributed by atoms with Gasteiger partial charge in [0.15, 0.2) is 0 Å². The van der Waals surface area contributed by atoms with E-state index in [0.29, 0.717) is 15.8 Å². The maximum atomic E-state index is 6.22. The van der Waals surface area contributed by atoms with E-state index in [1.54, 1.807) is 12.1 Å². The first-order valence-corrected chi connectivity index (χ1v) is 8.07. The minimum atomic E-state index is -0.291. The molecule has 5 heteroatoms. The third-order valence-electron chi connectivity index (χ3n) is 3.20. The third kappa shape index (κ3) is 3.92. The first-order valence-electron chi connectivity index (χ1n) is 6.52. The molecular weight excluding hydrogens is 373 g/mol. The summed E-state index contributed by atoms with van der Waals surface area (Å²) in [6.07, 6.45) is -0.291. The Kier molecular flexibility index (Phi) is 5.55. The van der Waals surface area contributed by atoms with Gasteiger partial charge in [-0.3, -0.25) is 0 Å². The van der Waals surface area contributed by atoms with Gasteiger partial charge in [0.25, 0.3) is 0 Å². The molecule has 2 unspecified atom stereocenters. The number of benzene rings is 2. The zero-order chi connectivity index (χ0) is 15.6. The summed E-state index contributed by atoms with van der Waals surface area (Å²) in [5, 5.41) is 1.04. The van der Waals surface area contributed by atoms with Crippen molar-refractivity contribution in [2.75, 3.05) is 0 Å². The smallest absolute Gasteiger partial charge is 0.140 e. The van der Waals surface area contributed by atoms with E-state index in [1.807, 2.05) is 38.1 Å². The van der Waals surface area contributed by atoms with Crippen LogP contribution in [0.15, 0.2) is 40.9 Å². The van der Waals surface area contributed by atoms with Crippen LogP contribution in [0.4, 0.5) is 0 Å². The second-order valence-electron chi connectivity index (χ2n) is 4.95. The predicted molar refractivity (Wildman–Crippen MR) is 92.4 cm³/mol. The molecule has 0 saturated carbocycles. The van der Waals surface area contributed by atoms with Crippen molar-refractivity contribution in [3.8, 4) is 5.75 Å². The average Bonchev–Trinajstić information content (AvgIpc) is 2.42. The summed E-state index contributed by atoms with van der Waals surface area (Å²) in [6, 6.07) is 11.2. The topological polar surface area (TPSA) is 35.2 Å². The van der Waals surface area contributed by atoms with Gasteiger partial charge >= 0.3 is 0 Å². The van der Waals surface area contributed by atoms with E-state index in [1.165, 1.54) is 0 Å². The molecule has 0 aliphatic heterocycles. The molecule has 0 aliphatic carbocycles. The van der Waals surface area contributed by atoms with Gasteiger partial charge < -0.3 is 10.5 Å². The molecule has 2 atom stereocenters. The van der Waals surface area contributed by atoms with E-state index >= 15 is 0 Å². The van der Waals surface area contributed by atoms with Crippen molar-refractivity contribution in [2.24, 2.45) is 5.73 Å². The first-order chi connectivity index (χ1) is 9.90. The molecule has 0 bridgehead atoms. The molecule has 0 fully saturated rings. The van der Waals surface area contributed by atoms with Crippen LogP contribution < -0.4 is 10.5 Å². The van der Waals surface area contributed by atoms with E-state index in [0.717, 1.165) is 15.6 Å². The van der Waals surface area contributed by atoms with Gasteiger partial charge in [0.1, 0.15) is 11.9 Å². The Hall–Kier alpha value is -0.740. The average molecular weight is 389 g/mol. The zero-order valence-electron chi connectivity index (χ0n) is 11.7. The quantitative estimate of drug-likeness (QED) is 0.698. The van der Waals surface area contributed by atoms with Crippen LogP contribution in [0.5, 0.6) is 5.75 Å². The van der Waals surface area contributed by atoms with Gasteiger partial charge in [0.05, 0.1) is 10.0 Å². The highest BCUT2D eigenvalue weighted by molar-refractivity contribution is 9.10. The van der Waals surface area contributed by atoms with Crippen molar-refractivity contribution < 1.29 is 4.74 Å². The van der Waals surface area contributed by atoms with Gasteiger partial charge in [0.2, 0.25) is 0 Å². The lowest BCUT2D eigenvalue weighted by atomic mass is 9.99. The Morgan fingerprint density at radius 3 is 2.43 bits per heavy atom. The molecule has 2 aromatic carbocycles. The van der Waals surface area contributed by atoms with Crippen LogP contribution in [0.25, 0.3) is 0 Å². The highest BCUT2D eigenvalue weighted by atomic mass is 79.9. The van der Waals surface area contributed by atoms with E-state index in [-0.39, 0.29) is 12.1 Å². The predicted octanol–water partition coefficient (Wildman–Crippen LogP) is 5.53. The SMILES string of the molecule is Cc1ccccc1C(Oc1cc(Cl)c(Br)cc1Cl)C(C)N. The minimum Gasteiger partial charge on any atom is -0.482 e. The Labute approximate surface area is 143 Å². The maximum absolute atomic E-state index is 6.22. The highest BCUT2D eigenvalue weighted by Gasteiger charge is 2.21. The molecule has 2 rings (SSSR count). The van der Waals surface area contributed by atoms with Gasteiger partial charge in [-0.2, -0.15) is 0 Å².